The molecule has 11 heteroatoms. The van der Waals surface area contributed by atoms with Gasteiger partial charge in [0.2, 0.25) is 17.6 Å². The molecule has 1 aliphatic rings. The molecule has 0 saturated carbocycles. The average molecular weight is 355 g/mol. The van der Waals surface area contributed by atoms with E-state index in [9.17, 15) is 19.1 Å². The third-order valence-electron chi connectivity index (χ3n) is 4.05. The fourth-order valence-electron chi connectivity index (χ4n) is 2.55. The van der Waals surface area contributed by atoms with E-state index in [1.807, 2.05) is 0 Å². The van der Waals surface area contributed by atoms with Crippen molar-refractivity contribution in [3.8, 4) is 0 Å². The van der Waals surface area contributed by atoms with Gasteiger partial charge in [0, 0.05) is 5.92 Å². The van der Waals surface area contributed by atoms with Crippen molar-refractivity contribution in [1.29, 1.82) is 0 Å². The van der Waals surface area contributed by atoms with E-state index in [-0.39, 0.29) is 28.9 Å². The van der Waals surface area contributed by atoms with Crippen LogP contribution in [0.5, 0.6) is 0 Å². The predicted molar refractivity (Wildman–Crippen MR) is 83.5 cm³/mol. The molecular weight excluding hydrogens is 337 g/mol. The Bertz CT molecular complexity index is 865. The second-order valence-corrected chi connectivity index (χ2v) is 6.16. The van der Waals surface area contributed by atoms with Crippen molar-refractivity contribution in [2.24, 2.45) is 5.92 Å². The zero-order chi connectivity index (χ0) is 18.4. The first-order valence-electron chi connectivity index (χ1n) is 7.65. The van der Waals surface area contributed by atoms with Gasteiger partial charge in [-0.15, -0.1) is 0 Å². The smallest absolute Gasteiger partial charge is 0.280 e. The highest BCUT2D eigenvalue weighted by molar-refractivity contribution is 5.91. The number of rotatable bonds is 4. The molecule has 10 nitrogen and oxygen atoms in total. The lowest BCUT2D eigenvalue weighted by Gasteiger charge is -2.25. The maximum Gasteiger partial charge on any atom is 0.280 e. The zero-order valence-corrected chi connectivity index (χ0v) is 13.6. The molecule has 3 heterocycles. The van der Waals surface area contributed by atoms with Crippen LogP contribution in [0, 0.1) is 5.92 Å². The van der Waals surface area contributed by atoms with E-state index in [0.29, 0.717) is 0 Å². The Morgan fingerprint density at radius 2 is 2.36 bits per heavy atom. The van der Waals surface area contributed by atoms with Gasteiger partial charge in [-0.1, -0.05) is 13.8 Å². The summed E-state index contributed by atoms with van der Waals surface area (Å²) >= 11 is 0. The van der Waals surface area contributed by atoms with E-state index < -0.39 is 36.8 Å². The molecule has 0 bridgehead atoms. The molecular formula is C14H18FN5O5. The number of carbonyl (C=O) groups is 1. The number of nitrogens with one attached hydrogen (secondary N) is 2. The molecule has 25 heavy (non-hydrogen) atoms. The van der Waals surface area contributed by atoms with E-state index in [0.717, 1.165) is 10.9 Å². The molecule has 0 aromatic carbocycles. The van der Waals surface area contributed by atoms with Gasteiger partial charge in [0.25, 0.3) is 5.56 Å². The van der Waals surface area contributed by atoms with Crippen molar-refractivity contribution in [2.45, 2.75) is 31.8 Å². The van der Waals surface area contributed by atoms with Gasteiger partial charge in [0.15, 0.2) is 17.3 Å². The number of fused-ring (bicyclic) bond motifs is 1. The normalized spacial score (nSPS) is 26.5. The second-order valence-electron chi connectivity index (χ2n) is 6.16. The summed E-state index contributed by atoms with van der Waals surface area (Å²) in [5.41, 5.74) is -3.08. The molecule has 1 amide bonds. The Kier molecular flexibility index (Phi) is 4.31. The number of imidazole rings is 1. The summed E-state index contributed by atoms with van der Waals surface area (Å²) in [4.78, 5) is 34.2. The van der Waals surface area contributed by atoms with Crippen molar-refractivity contribution in [1.82, 2.24) is 19.5 Å². The Labute approximate surface area is 140 Å². The average Bonchev–Trinajstić information content (AvgIpc) is 3.11. The van der Waals surface area contributed by atoms with Gasteiger partial charge in [0.1, 0.15) is 6.10 Å². The second kappa shape index (κ2) is 6.17. The summed E-state index contributed by atoms with van der Waals surface area (Å²) in [6.45, 7) is 2.27. The van der Waals surface area contributed by atoms with Crippen molar-refractivity contribution in [3.63, 3.8) is 0 Å². The highest BCUT2D eigenvalue weighted by atomic mass is 19.1. The van der Waals surface area contributed by atoms with Crippen LogP contribution in [0.2, 0.25) is 0 Å². The van der Waals surface area contributed by atoms with Crippen molar-refractivity contribution >= 4 is 23.0 Å². The number of hydrogen-bond acceptors (Lipinski definition) is 7. The number of aliphatic hydroxyl groups excluding tert-OH is 1. The molecule has 3 atom stereocenters. The summed E-state index contributed by atoms with van der Waals surface area (Å²) in [6.07, 6.45) is -2.09. The van der Waals surface area contributed by atoms with Crippen LogP contribution in [-0.4, -0.2) is 61.1 Å². The van der Waals surface area contributed by atoms with Crippen molar-refractivity contribution < 1.29 is 24.1 Å². The molecule has 2 aromatic heterocycles. The van der Waals surface area contributed by atoms with Crippen LogP contribution in [0.15, 0.2) is 11.1 Å². The van der Waals surface area contributed by atoms with E-state index >= 15 is 0 Å². The quantitative estimate of drug-likeness (QED) is 0.556. The van der Waals surface area contributed by atoms with Gasteiger partial charge >= 0.3 is 0 Å². The number of nitrogens with zero attached hydrogens (tertiary/aromatic N) is 3. The largest absolute Gasteiger partial charge is 0.394 e. The van der Waals surface area contributed by atoms with Crippen LogP contribution in [0.25, 0.3) is 11.2 Å². The Morgan fingerprint density at radius 3 is 2.96 bits per heavy atom. The maximum absolute atomic E-state index is 14.5. The summed E-state index contributed by atoms with van der Waals surface area (Å²) in [5, 5.41) is 22.2. The molecule has 136 valence electrons. The van der Waals surface area contributed by atoms with E-state index in [4.69, 9.17) is 9.84 Å². The van der Waals surface area contributed by atoms with Crippen LogP contribution in [0.3, 0.4) is 0 Å². The SMILES string of the molecule is CC(C)C(=O)Nc1nc2c(ncn2[C@]2(O)CO[C@H](CO)[C@H]2F)c(=O)[nH]1. The van der Waals surface area contributed by atoms with Gasteiger partial charge in [0.05, 0.1) is 19.5 Å². The molecule has 0 spiro atoms. The third kappa shape index (κ3) is 2.79. The van der Waals surface area contributed by atoms with Crippen LogP contribution < -0.4 is 10.9 Å². The lowest BCUT2D eigenvalue weighted by atomic mass is 10.1. The topological polar surface area (TPSA) is 142 Å². The third-order valence-corrected chi connectivity index (χ3v) is 4.05. The molecule has 1 saturated heterocycles. The highest BCUT2D eigenvalue weighted by Crippen LogP contribution is 2.33. The Hall–Kier alpha value is -2.37. The number of carbonyl (C=O) groups excluding carboxylic acids is 1. The summed E-state index contributed by atoms with van der Waals surface area (Å²) < 4.78 is 20.5. The first kappa shape index (κ1) is 17.5. The minimum absolute atomic E-state index is 0.116. The number of alkyl halides is 1. The number of hydrogen-bond donors (Lipinski definition) is 4. The van der Waals surface area contributed by atoms with E-state index in [1.165, 1.54) is 0 Å². The number of amides is 1. The summed E-state index contributed by atoms with van der Waals surface area (Å²) in [7, 11) is 0. The van der Waals surface area contributed by atoms with Crippen molar-refractivity contribution in [2.75, 3.05) is 18.5 Å². The van der Waals surface area contributed by atoms with Crippen LogP contribution in [0.1, 0.15) is 13.8 Å². The fraction of sp³-hybridized carbons (Fsp3) is 0.571. The molecule has 1 fully saturated rings. The van der Waals surface area contributed by atoms with E-state index in [1.54, 1.807) is 13.8 Å². The van der Waals surface area contributed by atoms with Crippen LogP contribution >= 0.6 is 0 Å². The number of halogens is 1. The van der Waals surface area contributed by atoms with Crippen LogP contribution in [0.4, 0.5) is 10.3 Å². The number of aliphatic hydroxyl groups is 2. The molecule has 2 aromatic rings. The molecule has 0 radical (unpaired) electrons. The molecule has 1 aliphatic heterocycles. The van der Waals surface area contributed by atoms with Gasteiger partial charge in [-0.05, 0) is 0 Å². The van der Waals surface area contributed by atoms with E-state index in [2.05, 4.69) is 20.3 Å². The lowest BCUT2D eigenvalue weighted by molar-refractivity contribution is -0.118. The number of ether oxygens (including phenoxy) is 1. The zero-order valence-electron chi connectivity index (χ0n) is 13.6. The van der Waals surface area contributed by atoms with Gasteiger partial charge in [-0.3, -0.25) is 24.5 Å². The summed E-state index contributed by atoms with van der Waals surface area (Å²) in [6, 6.07) is 0. The van der Waals surface area contributed by atoms with Crippen molar-refractivity contribution in [3.05, 3.63) is 16.7 Å². The van der Waals surface area contributed by atoms with Gasteiger partial charge in [-0.2, -0.15) is 4.98 Å². The monoisotopic (exact) mass is 355 g/mol. The highest BCUT2D eigenvalue weighted by Gasteiger charge is 2.51. The first-order valence-corrected chi connectivity index (χ1v) is 7.65. The Morgan fingerprint density at radius 1 is 1.64 bits per heavy atom. The van der Waals surface area contributed by atoms with Crippen LogP contribution in [-0.2, 0) is 15.3 Å². The maximum atomic E-state index is 14.5. The minimum atomic E-state index is -2.18. The number of anilines is 1. The number of aromatic amines is 1. The molecule has 4 N–H and O–H groups in total. The minimum Gasteiger partial charge on any atom is -0.394 e. The molecule has 0 unspecified atom stereocenters. The fourth-order valence-corrected chi connectivity index (χ4v) is 2.55. The lowest BCUT2D eigenvalue weighted by Crippen LogP contribution is -2.44. The number of H-pyrrole nitrogens is 1. The standard InChI is InChI=1S/C14H18FN5O5/c1-6(2)11(22)18-13-17-10-8(12(23)19-13)16-5-20(10)14(24)4-25-7(3-21)9(14)15/h5-7,9,21,24H,3-4H2,1-2H3,(H2,17,18,19,22,23)/t7-,9-,14+/m1/s1. The first-order chi connectivity index (χ1) is 11.8. The predicted octanol–water partition coefficient (Wildman–Crippen LogP) is -0.912. The van der Waals surface area contributed by atoms with Gasteiger partial charge < -0.3 is 14.9 Å². The molecule has 0 aliphatic carbocycles. The number of aromatic nitrogens is 4. The summed E-state index contributed by atoms with van der Waals surface area (Å²) in [5.74, 6) is -0.867. The molecule has 3 rings (SSSR count). The Balaban J connectivity index is 2.07. The van der Waals surface area contributed by atoms with Gasteiger partial charge in [-0.25, -0.2) is 9.37 Å².